The highest BCUT2D eigenvalue weighted by molar-refractivity contribution is 6.31. The highest BCUT2D eigenvalue weighted by Gasteiger charge is 2.14. The van der Waals surface area contributed by atoms with Gasteiger partial charge in [0.2, 0.25) is 5.76 Å². The van der Waals surface area contributed by atoms with Gasteiger partial charge in [0.05, 0.1) is 11.6 Å². The van der Waals surface area contributed by atoms with Gasteiger partial charge in [0.15, 0.2) is 0 Å². The molecule has 1 aromatic carbocycles. The van der Waals surface area contributed by atoms with Crippen LogP contribution in [0.3, 0.4) is 0 Å². The Morgan fingerprint density at radius 2 is 2.22 bits per heavy atom. The Balaban J connectivity index is 1.61. The van der Waals surface area contributed by atoms with Gasteiger partial charge < -0.3 is 9.15 Å². The molecule has 23 heavy (non-hydrogen) atoms. The highest BCUT2D eigenvalue weighted by Crippen LogP contribution is 2.19. The molecule has 0 saturated carbocycles. The topological polar surface area (TPSA) is 57.3 Å². The van der Waals surface area contributed by atoms with Gasteiger partial charge >= 0.3 is 5.97 Å². The second kappa shape index (κ2) is 6.66. The van der Waals surface area contributed by atoms with Crippen LogP contribution >= 0.6 is 11.6 Å². The fraction of sp³-hybridized carbons (Fsp3) is 0.125. The summed E-state index contributed by atoms with van der Waals surface area (Å²) in [5, 5.41) is 4.26. The standard InChI is InChI=1S/C16H12ClFN2O3/c17-14-8-12(18)3-2-11(14)10-22-16(21)15-5-4-13(23-15)9-20-7-1-6-19-20/h1-8H,9-10H2. The van der Waals surface area contributed by atoms with E-state index in [0.29, 0.717) is 17.9 Å². The smallest absolute Gasteiger partial charge is 0.374 e. The molecule has 0 aliphatic rings. The third-order valence-electron chi connectivity index (χ3n) is 3.11. The lowest BCUT2D eigenvalue weighted by Gasteiger charge is -2.05. The number of hydrogen-bond donors (Lipinski definition) is 0. The Morgan fingerprint density at radius 3 is 2.96 bits per heavy atom. The minimum absolute atomic E-state index is 0.0624. The first-order valence-electron chi connectivity index (χ1n) is 6.79. The molecule has 118 valence electrons. The van der Waals surface area contributed by atoms with Crippen LogP contribution in [0.1, 0.15) is 21.9 Å². The Hall–Kier alpha value is -2.60. The number of aromatic nitrogens is 2. The van der Waals surface area contributed by atoms with Gasteiger partial charge in [0.25, 0.3) is 0 Å². The van der Waals surface area contributed by atoms with Crippen LogP contribution < -0.4 is 0 Å². The van der Waals surface area contributed by atoms with Crippen LogP contribution in [-0.2, 0) is 17.9 Å². The number of carbonyl (C=O) groups is 1. The molecule has 0 radical (unpaired) electrons. The van der Waals surface area contributed by atoms with Crippen LogP contribution in [0.15, 0.2) is 53.2 Å². The van der Waals surface area contributed by atoms with Crippen molar-refractivity contribution in [2.24, 2.45) is 0 Å². The van der Waals surface area contributed by atoms with Crippen molar-refractivity contribution in [2.45, 2.75) is 13.2 Å². The monoisotopic (exact) mass is 334 g/mol. The Morgan fingerprint density at radius 1 is 1.35 bits per heavy atom. The van der Waals surface area contributed by atoms with Gasteiger partial charge in [-0.1, -0.05) is 17.7 Å². The molecule has 0 unspecified atom stereocenters. The van der Waals surface area contributed by atoms with Crippen molar-refractivity contribution >= 4 is 17.6 Å². The molecule has 0 fully saturated rings. The first kappa shape index (κ1) is 15.3. The maximum absolute atomic E-state index is 13.0. The normalized spacial score (nSPS) is 10.7. The maximum atomic E-state index is 13.0. The SMILES string of the molecule is O=C(OCc1ccc(F)cc1Cl)c1ccc(Cn2cccn2)o1. The van der Waals surface area contributed by atoms with Gasteiger partial charge in [-0.2, -0.15) is 5.10 Å². The fourth-order valence-corrected chi connectivity index (χ4v) is 2.20. The molecule has 0 atom stereocenters. The molecule has 0 N–H and O–H groups in total. The molecule has 2 aromatic heterocycles. The summed E-state index contributed by atoms with van der Waals surface area (Å²) in [4.78, 5) is 12.0. The summed E-state index contributed by atoms with van der Waals surface area (Å²) in [6.07, 6.45) is 3.45. The number of halogens is 2. The predicted octanol–water partition coefficient (Wildman–Crippen LogP) is 3.67. The van der Waals surface area contributed by atoms with Crippen LogP contribution in [0.25, 0.3) is 0 Å². The molecule has 0 aliphatic carbocycles. The first-order chi connectivity index (χ1) is 11.1. The number of hydrogen-bond acceptors (Lipinski definition) is 4. The zero-order chi connectivity index (χ0) is 16.2. The van der Waals surface area contributed by atoms with Crippen LogP contribution in [-0.4, -0.2) is 15.7 Å². The van der Waals surface area contributed by atoms with E-state index in [1.807, 2.05) is 0 Å². The average Bonchev–Trinajstić information content (AvgIpc) is 3.18. The molecular weight excluding hydrogens is 323 g/mol. The summed E-state index contributed by atoms with van der Waals surface area (Å²) in [5.74, 6) is -0.387. The van der Waals surface area contributed by atoms with Gasteiger partial charge in [-0.05, 0) is 30.3 Å². The molecule has 2 heterocycles. The summed E-state index contributed by atoms with van der Waals surface area (Å²) in [7, 11) is 0. The Kier molecular flexibility index (Phi) is 4.43. The fourth-order valence-electron chi connectivity index (χ4n) is 1.98. The summed E-state index contributed by atoms with van der Waals surface area (Å²) >= 11 is 5.88. The van der Waals surface area contributed by atoms with Crippen molar-refractivity contribution in [2.75, 3.05) is 0 Å². The van der Waals surface area contributed by atoms with Crippen LogP contribution in [0, 0.1) is 5.82 Å². The van der Waals surface area contributed by atoms with Gasteiger partial charge in [-0.15, -0.1) is 0 Å². The van der Waals surface area contributed by atoms with Gasteiger partial charge in [-0.25, -0.2) is 9.18 Å². The Bertz CT molecular complexity index is 815. The summed E-state index contributed by atoms with van der Waals surface area (Å²) in [6, 6.07) is 8.90. The average molecular weight is 335 g/mol. The summed E-state index contributed by atoms with van der Waals surface area (Å²) in [5.41, 5.74) is 0.518. The molecule has 0 amide bonds. The van der Waals surface area contributed by atoms with Crippen LogP contribution in [0.2, 0.25) is 5.02 Å². The molecule has 0 saturated heterocycles. The van der Waals surface area contributed by atoms with E-state index in [2.05, 4.69) is 5.10 Å². The lowest BCUT2D eigenvalue weighted by Crippen LogP contribution is -2.04. The van der Waals surface area contributed by atoms with E-state index in [9.17, 15) is 9.18 Å². The molecule has 7 heteroatoms. The number of carbonyl (C=O) groups excluding carboxylic acids is 1. The van der Waals surface area contributed by atoms with E-state index in [1.165, 1.54) is 24.3 Å². The molecular formula is C16H12ClFN2O3. The summed E-state index contributed by atoms with van der Waals surface area (Å²) in [6.45, 7) is 0.358. The quantitative estimate of drug-likeness (QED) is 0.668. The third kappa shape index (κ3) is 3.78. The number of rotatable bonds is 5. The molecule has 5 nitrogen and oxygen atoms in total. The van der Waals surface area contributed by atoms with E-state index in [0.717, 1.165) is 0 Å². The van der Waals surface area contributed by atoms with Crippen molar-refractivity contribution in [3.05, 3.63) is 76.7 Å². The van der Waals surface area contributed by atoms with Crippen molar-refractivity contribution in [1.29, 1.82) is 0 Å². The predicted molar refractivity (Wildman–Crippen MR) is 80.6 cm³/mol. The van der Waals surface area contributed by atoms with Gasteiger partial charge in [0.1, 0.15) is 18.2 Å². The molecule has 0 aliphatic heterocycles. The number of benzene rings is 1. The molecule has 0 bridgehead atoms. The minimum atomic E-state index is -0.614. The number of esters is 1. The van der Waals surface area contributed by atoms with Crippen molar-refractivity contribution in [3.63, 3.8) is 0 Å². The minimum Gasteiger partial charge on any atom is -0.455 e. The zero-order valence-electron chi connectivity index (χ0n) is 11.9. The lowest BCUT2D eigenvalue weighted by molar-refractivity contribution is 0.0434. The van der Waals surface area contributed by atoms with Gasteiger partial charge in [0, 0.05) is 18.0 Å². The first-order valence-corrected chi connectivity index (χ1v) is 7.17. The van der Waals surface area contributed by atoms with Crippen molar-refractivity contribution < 1.29 is 18.3 Å². The maximum Gasteiger partial charge on any atom is 0.374 e. The van der Waals surface area contributed by atoms with E-state index in [1.54, 1.807) is 29.2 Å². The molecule has 3 rings (SSSR count). The van der Waals surface area contributed by atoms with E-state index < -0.39 is 11.8 Å². The number of furan rings is 1. The zero-order valence-corrected chi connectivity index (χ0v) is 12.7. The summed E-state index contributed by atoms with van der Waals surface area (Å²) < 4.78 is 25.2. The van der Waals surface area contributed by atoms with Crippen molar-refractivity contribution in [3.8, 4) is 0 Å². The van der Waals surface area contributed by atoms with Crippen molar-refractivity contribution in [1.82, 2.24) is 9.78 Å². The van der Waals surface area contributed by atoms with E-state index >= 15 is 0 Å². The molecule has 3 aromatic rings. The van der Waals surface area contributed by atoms with Gasteiger partial charge in [-0.3, -0.25) is 4.68 Å². The van der Waals surface area contributed by atoms with Crippen LogP contribution in [0.5, 0.6) is 0 Å². The van der Waals surface area contributed by atoms with Crippen LogP contribution in [0.4, 0.5) is 4.39 Å². The Labute approximate surface area is 136 Å². The lowest BCUT2D eigenvalue weighted by atomic mass is 10.2. The second-order valence-corrected chi connectivity index (χ2v) is 5.19. The third-order valence-corrected chi connectivity index (χ3v) is 3.47. The molecule has 0 spiro atoms. The largest absolute Gasteiger partial charge is 0.455 e. The number of ether oxygens (including phenoxy) is 1. The number of nitrogens with zero attached hydrogens (tertiary/aromatic N) is 2. The second-order valence-electron chi connectivity index (χ2n) is 4.78. The van der Waals surface area contributed by atoms with E-state index in [-0.39, 0.29) is 17.4 Å². The highest BCUT2D eigenvalue weighted by atomic mass is 35.5. The van der Waals surface area contributed by atoms with E-state index in [4.69, 9.17) is 20.8 Å².